The third kappa shape index (κ3) is 5.19. The number of benzene rings is 1. The summed E-state index contributed by atoms with van der Waals surface area (Å²) in [6, 6.07) is 8.69. The molecule has 7 heteroatoms. The molecule has 1 aliphatic rings. The fourth-order valence-corrected chi connectivity index (χ4v) is 2.83. The van der Waals surface area contributed by atoms with Gasteiger partial charge in [0.25, 0.3) is 0 Å². The van der Waals surface area contributed by atoms with Crippen molar-refractivity contribution in [2.75, 3.05) is 19.7 Å². The van der Waals surface area contributed by atoms with Crippen LogP contribution in [0.2, 0.25) is 0 Å². The number of hydrogen-bond donors (Lipinski definition) is 3. The van der Waals surface area contributed by atoms with Gasteiger partial charge in [-0.3, -0.25) is 4.79 Å². The maximum atomic E-state index is 14.0. The normalized spacial score (nSPS) is 21.5. The number of alkyl halides is 1. The zero-order chi connectivity index (χ0) is 17.6. The summed E-state index contributed by atoms with van der Waals surface area (Å²) >= 11 is 0. The Morgan fingerprint density at radius 2 is 2.04 bits per heavy atom. The molecular weight excluding hydrogens is 315 g/mol. The number of likely N-dealkylation sites (tertiary alicyclic amines) is 1. The number of amides is 2. The summed E-state index contributed by atoms with van der Waals surface area (Å²) < 4.78 is 14.0. The lowest BCUT2D eigenvalue weighted by molar-refractivity contribution is -0.137. The van der Waals surface area contributed by atoms with E-state index in [4.69, 9.17) is 10.2 Å². The van der Waals surface area contributed by atoms with Crippen molar-refractivity contribution in [3.05, 3.63) is 35.9 Å². The van der Waals surface area contributed by atoms with Crippen molar-refractivity contribution in [1.82, 2.24) is 10.2 Å². The minimum atomic E-state index is -1.74. The molecule has 1 aliphatic heterocycles. The standard InChI is InChI=1S/C17H23FN2O4/c18-17(12-21)8-9-20(11-17)16(24)19-14(6-7-15(22)23)10-13-4-2-1-3-5-13/h1-5,14,21H,6-12H2,(H,19,24)(H,22,23). The maximum Gasteiger partial charge on any atom is 0.317 e. The van der Waals surface area contributed by atoms with E-state index >= 15 is 0 Å². The van der Waals surface area contributed by atoms with E-state index in [2.05, 4.69) is 5.32 Å². The van der Waals surface area contributed by atoms with Crippen molar-refractivity contribution in [2.24, 2.45) is 0 Å². The summed E-state index contributed by atoms with van der Waals surface area (Å²) in [4.78, 5) is 24.5. The smallest absolute Gasteiger partial charge is 0.317 e. The number of aliphatic hydroxyl groups excluding tert-OH is 1. The van der Waals surface area contributed by atoms with E-state index < -0.39 is 24.3 Å². The molecular formula is C17H23FN2O4. The quantitative estimate of drug-likeness (QED) is 0.704. The van der Waals surface area contributed by atoms with Crippen LogP contribution in [0.15, 0.2) is 30.3 Å². The third-order valence-electron chi connectivity index (χ3n) is 4.23. The number of aliphatic hydroxyl groups is 1. The third-order valence-corrected chi connectivity index (χ3v) is 4.23. The second-order valence-corrected chi connectivity index (χ2v) is 6.25. The first-order chi connectivity index (χ1) is 11.4. The van der Waals surface area contributed by atoms with Crippen molar-refractivity contribution in [1.29, 1.82) is 0 Å². The van der Waals surface area contributed by atoms with E-state index in [-0.39, 0.29) is 32.0 Å². The summed E-state index contributed by atoms with van der Waals surface area (Å²) in [5, 5.41) is 20.7. The van der Waals surface area contributed by atoms with Gasteiger partial charge in [-0.2, -0.15) is 0 Å². The lowest BCUT2D eigenvalue weighted by Crippen LogP contribution is -2.46. The molecule has 1 aromatic rings. The van der Waals surface area contributed by atoms with Crippen LogP contribution in [0.25, 0.3) is 0 Å². The highest BCUT2D eigenvalue weighted by molar-refractivity contribution is 5.75. The van der Waals surface area contributed by atoms with E-state index in [1.807, 2.05) is 30.3 Å². The Morgan fingerprint density at radius 1 is 1.33 bits per heavy atom. The Balaban J connectivity index is 1.96. The molecule has 1 saturated heterocycles. The van der Waals surface area contributed by atoms with Crippen molar-refractivity contribution < 1.29 is 24.2 Å². The van der Waals surface area contributed by atoms with Crippen molar-refractivity contribution in [3.63, 3.8) is 0 Å². The van der Waals surface area contributed by atoms with Gasteiger partial charge in [-0.25, -0.2) is 9.18 Å². The molecule has 0 aliphatic carbocycles. The van der Waals surface area contributed by atoms with Gasteiger partial charge in [0, 0.05) is 25.4 Å². The predicted molar refractivity (Wildman–Crippen MR) is 86.5 cm³/mol. The number of rotatable bonds is 7. The summed E-state index contributed by atoms with van der Waals surface area (Å²) in [7, 11) is 0. The van der Waals surface area contributed by atoms with Gasteiger partial charge in [-0.1, -0.05) is 30.3 Å². The number of carbonyl (C=O) groups excluding carboxylic acids is 1. The lowest BCUT2D eigenvalue weighted by Gasteiger charge is -2.24. The second kappa shape index (κ2) is 8.10. The van der Waals surface area contributed by atoms with Gasteiger partial charge >= 0.3 is 12.0 Å². The number of carbonyl (C=O) groups is 2. The Labute approximate surface area is 140 Å². The number of urea groups is 1. The Bertz CT molecular complexity index is 569. The van der Waals surface area contributed by atoms with Crippen LogP contribution in [0.3, 0.4) is 0 Å². The minimum Gasteiger partial charge on any atom is -0.481 e. The van der Waals surface area contributed by atoms with Crippen LogP contribution in [0.5, 0.6) is 0 Å². The average molecular weight is 338 g/mol. The highest BCUT2D eigenvalue weighted by Gasteiger charge is 2.40. The summed E-state index contributed by atoms with van der Waals surface area (Å²) in [6.07, 6.45) is 0.857. The fourth-order valence-electron chi connectivity index (χ4n) is 2.83. The van der Waals surface area contributed by atoms with E-state index in [9.17, 15) is 14.0 Å². The molecule has 3 N–H and O–H groups in total. The number of aliphatic carboxylic acids is 1. The molecule has 0 spiro atoms. The highest BCUT2D eigenvalue weighted by Crippen LogP contribution is 2.25. The van der Waals surface area contributed by atoms with Gasteiger partial charge in [-0.05, 0) is 18.4 Å². The Kier molecular flexibility index (Phi) is 6.14. The molecule has 132 valence electrons. The Morgan fingerprint density at radius 3 is 2.62 bits per heavy atom. The van der Waals surface area contributed by atoms with E-state index in [1.165, 1.54) is 4.90 Å². The van der Waals surface area contributed by atoms with Crippen molar-refractivity contribution in [3.8, 4) is 0 Å². The zero-order valence-electron chi connectivity index (χ0n) is 13.4. The van der Waals surface area contributed by atoms with E-state index in [0.717, 1.165) is 5.56 Å². The Hall–Kier alpha value is -2.15. The molecule has 0 saturated carbocycles. The van der Waals surface area contributed by atoms with Crippen LogP contribution >= 0.6 is 0 Å². The number of nitrogens with one attached hydrogen (secondary N) is 1. The molecule has 2 atom stereocenters. The molecule has 0 aromatic heterocycles. The molecule has 0 bridgehead atoms. The average Bonchev–Trinajstić information content (AvgIpc) is 2.97. The lowest BCUT2D eigenvalue weighted by atomic mass is 10.0. The van der Waals surface area contributed by atoms with Gasteiger partial charge in [-0.15, -0.1) is 0 Å². The molecule has 1 fully saturated rings. The summed E-state index contributed by atoms with van der Waals surface area (Å²) in [5.41, 5.74) is -0.752. The van der Waals surface area contributed by atoms with Gasteiger partial charge in [0.15, 0.2) is 5.67 Å². The van der Waals surface area contributed by atoms with Gasteiger partial charge < -0.3 is 20.4 Å². The topological polar surface area (TPSA) is 89.9 Å². The highest BCUT2D eigenvalue weighted by atomic mass is 19.1. The van der Waals surface area contributed by atoms with Crippen LogP contribution in [-0.4, -0.2) is 58.5 Å². The monoisotopic (exact) mass is 338 g/mol. The molecule has 1 aromatic carbocycles. The van der Waals surface area contributed by atoms with Crippen LogP contribution in [0, 0.1) is 0 Å². The number of nitrogens with zero attached hydrogens (tertiary/aromatic N) is 1. The summed E-state index contributed by atoms with van der Waals surface area (Å²) in [6.45, 7) is -0.518. The molecule has 24 heavy (non-hydrogen) atoms. The van der Waals surface area contributed by atoms with Crippen molar-refractivity contribution >= 4 is 12.0 Å². The summed E-state index contributed by atoms with van der Waals surface area (Å²) in [5.74, 6) is -0.925. The molecule has 2 amide bonds. The van der Waals surface area contributed by atoms with Crippen LogP contribution in [0.4, 0.5) is 9.18 Å². The molecule has 2 unspecified atom stereocenters. The first kappa shape index (κ1) is 18.2. The van der Waals surface area contributed by atoms with Crippen LogP contribution < -0.4 is 5.32 Å². The fraction of sp³-hybridized carbons (Fsp3) is 0.529. The molecule has 1 heterocycles. The largest absolute Gasteiger partial charge is 0.481 e. The predicted octanol–water partition coefficient (Wildman–Crippen LogP) is 1.58. The second-order valence-electron chi connectivity index (χ2n) is 6.25. The van der Waals surface area contributed by atoms with Gasteiger partial charge in [0.2, 0.25) is 0 Å². The first-order valence-corrected chi connectivity index (χ1v) is 8.03. The number of carboxylic acids is 1. The zero-order valence-corrected chi connectivity index (χ0v) is 13.4. The molecule has 2 rings (SSSR count). The molecule has 6 nitrogen and oxygen atoms in total. The van der Waals surface area contributed by atoms with E-state index in [1.54, 1.807) is 0 Å². The first-order valence-electron chi connectivity index (χ1n) is 8.03. The molecule has 0 radical (unpaired) electrons. The van der Waals surface area contributed by atoms with Gasteiger partial charge in [0.1, 0.15) is 0 Å². The van der Waals surface area contributed by atoms with E-state index in [0.29, 0.717) is 12.8 Å². The SMILES string of the molecule is O=C(O)CCC(Cc1ccccc1)NC(=O)N1CCC(F)(CO)C1. The van der Waals surface area contributed by atoms with Crippen LogP contribution in [0.1, 0.15) is 24.8 Å². The number of halogens is 1. The van der Waals surface area contributed by atoms with Crippen LogP contribution in [-0.2, 0) is 11.2 Å². The number of hydrogen-bond acceptors (Lipinski definition) is 3. The van der Waals surface area contributed by atoms with Crippen molar-refractivity contribution in [2.45, 2.75) is 37.4 Å². The minimum absolute atomic E-state index is 0.0541. The van der Waals surface area contributed by atoms with Gasteiger partial charge in [0.05, 0.1) is 13.2 Å². The maximum absolute atomic E-state index is 14.0. The number of carboxylic acid groups (broad SMARTS) is 1.